The predicted molar refractivity (Wildman–Crippen MR) is 86.7 cm³/mol. The Hall–Kier alpha value is -1.43. The summed E-state index contributed by atoms with van der Waals surface area (Å²) in [6.07, 6.45) is -0.477. The van der Waals surface area contributed by atoms with E-state index in [1.54, 1.807) is 18.3 Å². The maximum absolute atomic E-state index is 9.56. The minimum absolute atomic E-state index is 0.477. The first-order valence-corrected chi connectivity index (χ1v) is 8.25. The number of piperazine rings is 1. The second-order valence-corrected chi connectivity index (χ2v) is 6.32. The van der Waals surface area contributed by atoms with E-state index in [0.29, 0.717) is 0 Å². The highest BCUT2D eigenvalue weighted by Crippen LogP contribution is 2.25. The molecule has 0 saturated carbocycles. The number of rotatable bonds is 4. The quantitative estimate of drug-likeness (QED) is 0.942. The Balaban J connectivity index is 1.55. The van der Waals surface area contributed by atoms with Gasteiger partial charge >= 0.3 is 0 Å². The fourth-order valence-corrected chi connectivity index (χ4v) is 3.52. The van der Waals surface area contributed by atoms with E-state index >= 15 is 0 Å². The molecule has 0 spiro atoms. The first-order chi connectivity index (χ1) is 10.2. The summed E-state index contributed by atoms with van der Waals surface area (Å²) in [5, 5.41) is 12.5. The van der Waals surface area contributed by atoms with Crippen LogP contribution in [-0.4, -0.2) is 41.2 Å². The molecular formula is C16H21N3OS. The second-order valence-electron chi connectivity index (χ2n) is 5.48. The Morgan fingerprint density at radius 3 is 2.52 bits per heavy atom. The number of nitrogens with zero attached hydrogens (tertiary/aromatic N) is 3. The molecule has 5 heteroatoms. The molecular weight excluding hydrogens is 282 g/mol. The Labute approximate surface area is 129 Å². The van der Waals surface area contributed by atoms with Crippen molar-refractivity contribution in [1.29, 1.82) is 0 Å². The first-order valence-electron chi connectivity index (χ1n) is 7.37. The zero-order valence-electron chi connectivity index (χ0n) is 12.3. The van der Waals surface area contributed by atoms with E-state index in [9.17, 15) is 5.11 Å². The van der Waals surface area contributed by atoms with Crippen LogP contribution in [0.1, 0.15) is 24.3 Å². The topological polar surface area (TPSA) is 39.6 Å². The van der Waals surface area contributed by atoms with Crippen LogP contribution >= 0.6 is 11.3 Å². The maximum Gasteiger partial charge on any atom is 0.185 e. The number of thiazole rings is 1. The molecule has 1 aliphatic rings. The smallest absolute Gasteiger partial charge is 0.185 e. The van der Waals surface area contributed by atoms with Gasteiger partial charge < -0.3 is 10.0 Å². The van der Waals surface area contributed by atoms with Crippen molar-refractivity contribution in [2.45, 2.75) is 19.6 Å². The van der Waals surface area contributed by atoms with Gasteiger partial charge in [-0.05, 0) is 12.5 Å². The molecule has 1 aliphatic heterocycles. The largest absolute Gasteiger partial charge is 0.387 e. The van der Waals surface area contributed by atoms with Gasteiger partial charge in [-0.3, -0.25) is 4.90 Å². The summed E-state index contributed by atoms with van der Waals surface area (Å²) in [5.41, 5.74) is 2.15. The number of benzene rings is 1. The van der Waals surface area contributed by atoms with Gasteiger partial charge in [0, 0.05) is 38.1 Å². The van der Waals surface area contributed by atoms with Gasteiger partial charge in [0.15, 0.2) is 5.13 Å². The van der Waals surface area contributed by atoms with Gasteiger partial charge in [0.2, 0.25) is 0 Å². The molecule has 21 heavy (non-hydrogen) atoms. The molecule has 1 saturated heterocycles. The Kier molecular flexibility index (Phi) is 4.53. The van der Waals surface area contributed by atoms with Gasteiger partial charge in [0.25, 0.3) is 0 Å². The molecule has 1 fully saturated rings. The lowest BCUT2D eigenvalue weighted by molar-refractivity contribution is 0.195. The van der Waals surface area contributed by atoms with E-state index in [4.69, 9.17) is 0 Å². The van der Waals surface area contributed by atoms with Gasteiger partial charge in [0.05, 0.1) is 11.8 Å². The van der Waals surface area contributed by atoms with Crippen LogP contribution < -0.4 is 4.90 Å². The molecule has 4 nitrogen and oxygen atoms in total. The van der Waals surface area contributed by atoms with E-state index < -0.39 is 6.10 Å². The molecule has 0 bridgehead atoms. The van der Waals surface area contributed by atoms with Gasteiger partial charge in [-0.15, -0.1) is 11.3 Å². The van der Waals surface area contributed by atoms with Crippen LogP contribution in [0.4, 0.5) is 5.13 Å². The number of hydrogen-bond acceptors (Lipinski definition) is 5. The summed E-state index contributed by atoms with van der Waals surface area (Å²) in [6.45, 7) is 6.89. The van der Waals surface area contributed by atoms with Gasteiger partial charge in [-0.25, -0.2) is 4.98 Å². The molecule has 1 unspecified atom stereocenters. The number of aromatic nitrogens is 1. The summed E-state index contributed by atoms with van der Waals surface area (Å²) < 4.78 is 0. The zero-order chi connectivity index (χ0) is 14.7. The molecule has 0 amide bonds. The molecule has 1 N–H and O–H groups in total. The first kappa shape index (κ1) is 14.5. The highest BCUT2D eigenvalue weighted by molar-refractivity contribution is 7.13. The van der Waals surface area contributed by atoms with E-state index in [-0.39, 0.29) is 0 Å². The summed E-state index contributed by atoms with van der Waals surface area (Å²) in [4.78, 5) is 9.32. The summed E-state index contributed by atoms with van der Waals surface area (Å²) in [5.74, 6) is 0. The normalized spacial score (nSPS) is 17.9. The van der Waals surface area contributed by atoms with Gasteiger partial charge in [-0.1, -0.05) is 30.3 Å². The van der Waals surface area contributed by atoms with E-state index in [1.165, 1.54) is 5.56 Å². The number of aliphatic hydroxyl groups is 1. The SMILES string of the molecule is CC(O)c1csc(N2CCN(Cc3ccccc3)CC2)n1. The second kappa shape index (κ2) is 6.56. The summed E-state index contributed by atoms with van der Waals surface area (Å²) in [6, 6.07) is 10.6. The van der Waals surface area contributed by atoms with Crippen molar-refractivity contribution in [3.63, 3.8) is 0 Å². The zero-order valence-corrected chi connectivity index (χ0v) is 13.1. The van der Waals surface area contributed by atoms with E-state index in [2.05, 4.69) is 45.1 Å². The van der Waals surface area contributed by atoms with Crippen LogP contribution in [0.3, 0.4) is 0 Å². The van der Waals surface area contributed by atoms with Crippen LogP contribution in [0, 0.1) is 0 Å². The fraction of sp³-hybridized carbons (Fsp3) is 0.438. The van der Waals surface area contributed by atoms with Crippen LogP contribution in [0.2, 0.25) is 0 Å². The van der Waals surface area contributed by atoms with Crippen LogP contribution in [0.15, 0.2) is 35.7 Å². The molecule has 1 aromatic carbocycles. The average molecular weight is 303 g/mol. The van der Waals surface area contributed by atoms with Crippen LogP contribution in [0.5, 0.6) is 0 Å². The van der Waals surface area contributed by atoms with Crippen molar-refractivity contribution in [2.75, 3.05) is 31.1 Å². The van der Waals surface area contributed by atoms with Crippen molar-refractivity contribution in [3.05, 3.63) is 47.0 Å². The van der Waals surface area contributed by atoms with Gasteiger partial charge in [-0.2, -0.15) is 0 Å². The minimum Gasteiger partial charge on any atom is -0.387 e. The Bertz CT molecular complexity index is 562. The lowest BCUT2D eigenvalue weighted by Gasteiger charge is -2.34. The molecule has 1 aromatic heterocycles. The van der Waals surface area contributed by atoms with Crippen molar-refractivity contribution in [1.82, 2.24) is 9.88 Å². The average Bonchev–Trinajstić information content (AvgIpc) is 2.99. The molecule has 2 aromatic rings. The lowest BCUT2D eigenvalue weighted by Crippen LogP contribution is -2.45. The molecule has 112 valence electrons. The Morgan fingerprint density at radius 1 is 1.19 bits per heavy atom. The third-order valence-corrected chi connectivity index (χ3v) is 4.75. The number of anilines is 1. The minimum atomic E-state index is -0.477. The molecule has 1 atom stereocenters. The Morgan fingerprint density at radius 2 is 1.90 bits per heavy atom. The highest BCUT2D eigenvalue weighted by Gasteiger charge is 2.20. The molecule has 3 rings (SSSR count). The summed E-state index contributed by atoms with van der Waals surface area (Å²) >= 11 is 1.63. The number of hydrogen-bond donors (Lipinski definition) is 1. The number of aliphatic hydroxyl groups excluding tert-OH is 1. The third-order valence-electron chi connectivity index (χ3n) is 3.83. The molecule has 0 radical (unpaired) electrons. The van der Waals surface area contributed by atoms with Crippen molar-refractivity contribution < 1.29 is 5.11 Å². The maximum atomic E-state index is 9.56. The van der Waals surface area contributed by atoms with Crippen molar-refractivity contribution in [2.24, 2.45) is 0 Å². The van der Waals surface area contributed by atoms with Crippen LogP contribution in [-0.2, 0) is 6.54 Å². The predicted octanol–water partition coefficient (Wildman–Crippen LogP) is 2.52. The molecule has 0 aliphatic carbocycles. The standard InChI is InChI=1S/C16H21N3OS/c1-13(20)15-12-21-16(17-15)19-9-7-18(8-10-19)11-14-5-3-2-4-6-14/h2-6,12-13,20H,7-11H2,1H3. The highest BCUT2D eigenvalue weighted by atomic mass is 32.1. The van der Waals surface area contributed by atoms with Crippen molar-refractivity contribution in [3.8, 4) is 0 Å². The van der Waals surface area contributed by atoms with Crippen LogP contribution in [0.25, 0.3) is 0 Å². The van der Waals surface area contributed by atoms with Gasteiger partial charge in [0.1, 0.15) is 0 Å². The third kappa shape index (κ3) is 3.61. The van der Waals surface area contributed by atoms with E-state index in [1.807, 2.05) is 5.38 Å². The van der Waals surface area contributed by atoms with Crippen molar-refractivity contribution >= 4 is 16.5 Å². The van der Waals surface area contributed by atoms with E-state index in [0.717, 1.165) is 43.5 Å². The lowest BCUT2D eigenvalue weighted by atomic mass is 10.2. The monoisotopic (exact) mass is 303 g/mol. The molecule has 2 heterocycles. The fourth-order valence-electron chi connectivity index (χ4n) is 2.55. The summed E-state index contributed by atoms with van der Waals surface area (Å²) in [7, 11) is 0.